The fraction of sp³-hybridized carbons (Fsp3) is 0.250. The van der Waals surface area contributed by atoms with E-state index in [1.165, 1.54) is 4.68 Å². The Morgan fingerprint density at radius 1 is 1.41 bits per heavy atom. The van der Waals surface area contributed by atoms with E-state index in [4.69, 9.17) is 5.73 Å². The van der Waals surface area contributed by atoms with Crippen molar-refractivity contribution >= 4 is 0 Å². The molecule has 0 unspecified atom stereocenters. The maximum atomic E-state index is 12.1. The summed E-state index contributed by atoms with van der Waals surface area (Å²) in [6.07, 6.45) is 0.530. The molecular formula is C12H15N3O2. The van der Waals surface area contributed by atoms with Crippen molar-refractivity contribution in [1.82, 2.24) is 9.78 Å². The lowest BCUT2D eigenvalue weighted by Crippen LogP contribution is -2.19. The lowest BCUT2D eigenvalue weighted by atomic mass is 10.2. The number of rotatable bonds is 3. The third kappa shape index (κ3) is 1.97. The van der Waals surface area contributed by atoms with Crippen molar-refractivity contribution in [2.24, 2.45) is 5.73 Å². The van der Waals surface area contributed by atoms with E-state index >= 15 is 0 Å². The number of hydrogen-bond acceptors (Lipinski definition) is 3. The molecule has 2 rings (SSSR count). The largest absolute Gasteiger partial charge is 0.506 e. The highest BCUT2D eigenvalue weighted by molar-refractivity contribution is 5.45. The number of phenolic OH excluding ortho intramolecular Hbond substituents is 1. The van der Waals surface area contributed by atoms with Crippen molar-refractivity contribution in [3.63, 3.8) is 0 Å². The van der Waals surface area contributed by atoms with Crippen LogP contribution < -0.4 is 11.3 Å². The van der Waals surface area contributed by atoms with Crippen LogP contribution in [-0.4, -0.2) is 21.4 Å². The summed E-state index contributed by atoms with van der Waals surface area (Å²) in [4.78, 5) is 12.1. The van der Waals surface area contributed by atoms with Crippen LogP contribution >= 0.6 is 0 Å². The first kappa shape index (κ1) is 11.5. The van der Waals surface area contributed by atoms with Gasteiger partial charge >= 0.3 is 0 Å². The molecule has 1 aromatic carbocycles. The molecule has 0 saturated heterocycles. The van der Waals surface area contributed by atoms with Gasteiger partial charge in [0, 0.05) is 11.3 Å². The summed E-state index contributed by atoms with van der Waals surface area (Å²) in [5, 5.41) is 12.7. The van der Waals surface area contributed by atoms with Gasteiger partial charge in [-0.25, -0.2) is 4.68 Å². The first-order valence-electron chi connectivity index (χ1n) is 5.44. The summed E-state index contributed by atoms with van der Waals surface area (Å²) in [6.45, 7) is 2.25. The molecule has 0 radical (unpaired) electrons. The van der Waals surface area contributed by atoms with Crippen molar-refractivity contribution in [1.29, 1.82) is 0 Å². The van der Waals surface area contributed by atoms with E-state index in [2.05, 4.69) is 5.10 Å². The van der Waals surface area contributed by atoms with Gasteiger partial charge in [-0.15, -0.1) is 0 Å². The maximum Gasteiger partial charge on any atom is 0.274 e. The zero-order valence-electron chi connectivity index (χ0n) is 9.60. The molecule has 0 amide bonds. The molecule has 17 heavy (non-hydrogen) atoms. The van der Waals surface area contributed by atoms with E-state index in [1.807, 2.05) is 6.92 Å². The number of hydrogen-bond donors (Lipinski definition) is 3. The van der Waals surface area contributed by atoms with Gasteiger partial charge in [0.15, 0.2) is 0 Å². The van der Waals surface area contributed by atoms with Crippen molar-refractivity contribution in [3.8, 4) is 11.4 Å². The summed E-state index contributed by atoms with van der Waals surface area (Å²) in [5.41, 5.74) is 7.20. The van der Waals surface area contributed by atoms with Crippen LogP contribution in [-0.2, 0) is 6.42 Å². The Labute approximate surface area is 98.5 Å². The monoisotopic (exact) mass is 233 g/mol. The lowest BCUT2D eigenvalue weighted by molar-refractivity contribution is 0.469. The van der Waals surface area contributed by atoms with E-state index < -0.39 is 0 Å². The molecular weight excluding hydrogens is 218 g/mol. The van der Waals surface area contributed by atoms with E-state index in [0.717, 1.165) is 5.69 Å². The third-order valence-electron chi connectivity index (χ3n) is 2.71. The number of para-hydroxylation sites is 2. The Kier molecular flexibility index (Phi) is 3.01. The zero-order chi connectivity index (χ0) is 12.4. The molecule has 5 nitrogen and oxygen atoms in total. The fourth-order valence-electron chi connectivity index (χ4n) is 1.84. The van der Waals surface area contributed by atoms with Gasteiger partial charge in [0.05, 0.1) is 0 Å². The van der Waals surface area contributed by atoms with Crippen LogP contribution in [0.1, 0.15) is 11.3 Å². The van der Waals surface area contributed by atoms with Gasteiger partial charge in [0.25, 0.3) is 5.56 Å². The van der Waals surface area contributed by atoms with Crippen molar-refractivity contribution in [2.45, 2.75) is 13.3 Å². The molecule has 0 saturated carbocycles. The quantitative estimate of drug-likeness (QED) is 0.729. The molecule has 1 aromatic heterocycles. The van der Waals surface area contributed by atoms with Crippen LogP contribution in [0.15, 0.2) is 29.1 Å². The number of aromatic hydroxyl groups is 1. The third-order valence-corrected chi connectivity index (χ3v) is 2.71. The number of phenols is 1. The Hall–Kier alpha value is -2.01. The Morgan fingerprint density at radius 2 is 2.12 bits per heavy atom. The van der Waals surface area contributed by atoms with E-state index in [1.54, 1.807) is 24.3 Å². The van der Waals surface area contributed by atoms with Gasteiger partial charge < -0.3 is 10.8 Å². The number of nitrogens with two attached hydrogens (primary N) is 1. The van der Waals surface area contributed by atoms with Crippen molar-refractivity contribution < 1.29 is 5.11 Å². The SMILES string of the molecule is Cc1[nH]n(-c2ccccc2O)c(=O)c1CCN. The summed E-state index contributed by atoms with van der Waals surface area (Å²) in [5.74, 6) is 0.0650. The van der Waals surface area contributed by atoms with Gasteiger partial charge in [0.1, 0.15) is 11.4 Å². The molecule has 90 valence electrons. The first-order chi connectivity index (χ1) is 8.15. The number of benzene rings is 1. The Bertz CT molecular complexity index is 584. The predicted octanol–water partition coefficient (Wildman–Crippen LogP) is 0.681. The van der Waals surface area contributed by atoms with Crippen molar-refractivity contribution in [2.75, 3.05) is 6.54 Å². The molecule has 0 aliphatic heterocycles. The highest BCUT2D eigenvalue weighted by Gasteiger charge is 2.13. The topological polar surface area (TPSA) is 84.0 Å². The van der Waals surface area contributed by atoms with Crippen LogP contribution in [0.5, 0.6) is 5.75 Å². The zero-order valence-corrected chi connectivity index (χ0v) is 9.60. The average Bonchev–Trinajstić information content (AvgIpc) is 2.58. The van der Waals surface area contributed by atoms with Gasteiger partial charge in [-0.05, 0) is 32.0 Å². The number of nitrogens with zero attached hydrogens (tertiary/aromatic N) is 1. The van der Waals surface area contributed by atoms with Crippen LogP contribution in [0.25, 0.3) is 5.69 Å². The average molecular weight is 233 g/mol. The van der Waals surface area contributed by atoms with Gasteiger partial charge in [-0.3, -0.25) is 9.89 Å². The minimum Gasteiger partial charge on any atom is -0.506 e. The van der Waals surface area contributed by atoms with E-state index in [-0.39, 0.29) is 11.3 Å². The molecule has 0 aliphatic rings. The second kappa shape index (κ2) is 4.47. The highest BCUT2D eigenvalue weighted by Crippen LogP contribution is 2.19. The number of aromatic nitrogens is 2. The lowest BCUT2D eigenvalue weighted by Gasteiger charge is -2.03. The normalized spacial score (nSPS) is 10.7. The molecule has 0 bridgehead atoms. The number of nitrogens with one attached hydrogen (secondary N) is 1. The highest BCUT2D eigenvalue weighted by atomic mass is 16.3. The fourth-order valence-corrected chi connectivity index (χ4v) is 1.84. The minimum absolute atomic E-state index is 0.0650. The minimum atomic E-state index is -0.158. The molecule has 5 heteroatoms. The van der Waals surface area contributed by atoms with Crippen LogP contribution in [0.2, 0.25) is 0 Å². The summed E-state index contributed by atoms with van der Waals surface area (Å²) >= 11 is 0. The molecule has 0 aliphatic carbocycles. The standard InChI is InChI=1S/C12H15N3O2/c1-8-9(6-7-13)12(17)15(14-8)10-4-2-3-5-11(10)16/h2-5,14,16H,6-7,13H2,1H3. The Balaban J connectivity index is 2.58. The summed E-state index contributed by atoms with van der Waals surface area (Å²) in [7, 11) is 0. The first-order valence-corrected chi connectivity index (χ1v) is 5.44. The molecule has 0 atom stereocenters. The molecule has 0 fully saturated rings. The number of H-pyrrole nitrogens is 1. The van der Waals surface area contributed by atoms with E-state index in [9.17, 15) is 9.90 Å². The second-order valence-electron chi connectivity index (χ2n) is 3.88. The Morgan fingerprint density at radius 3 is 2.76 bits per heavy atom. The molecule has 1 heterocycles. The smallest absolute Gasteiger partial charge is 0.274 e. The van der Waals surface area contributed by atoms with Crippen LogP contribution in [0.4, 0.5) is 0 Å². The number of aryl methyl sites for hydroxylation is 1. The van der Waals surface area contributed by atoms with Gasteiger partial charge in [0.2, 0.25) is 0 Å². The van der Waals surface area contributed by atoms with E-state index in [0.29, 0.717) is 24.2 Å². The van der Waals surface area contributed by atoms with Crippen molar-refractivity contribution in [3.05, 3.63) is 45.9 Å². The van der Waals surface area contributed by atoms with Gasteiger partial charge in [-0.2, -0.15) is 0 Å². The van der Waals surface area contributed by atoms with Crippen LogP contribution in [0.3, 0.4) is 0 Å². The molecule has 4 N–H and O–H groups in total. The summed E-state index contributed by atoms with van der Waals surface area (Å²) in [6, 6.07) is 6.69. The predicted molar refractivity (Wildman–Crippen MR) is 65.5 cm³/mol. The molecule has 2 aromatic rings. The maximum absolute atomic E-state index is 12.1. The summed E-state index contributed by atoms with van der Waals surface area (Å²) < 4.78 is 1.34. The second-order valence-corrected chi connectivity index (χ2v) is 3.88. The van der Waals surface area contributed by atoms with Gasteiger partial charge in [-0.1, -0.05) is 12.1 Å². The van der Waals surface area contributed by atoms with Crippen LogP contribution in [0, 0.1) is 6.92 Å². The number of aromatic amines is 1. The molecule has 0 spiro atoms.